The highest BCUT2D eigenvalue weighted by Crippen LogP contribution is 2.37. The van der Waals surface area contributed by atoms with E-state index < -0.39 is 0 Å². The lowest BCUT2D eigenvalue weighted by Crippen LogP contribution is -2.37. The van der Waals surface area contributed by atoms with Gasteiger partial charge in [0, 0.05) is 31.1 Å². The van der Waals surface area contributed by atoms with Gasteiger partial charge in [-0.05, 0) is 56.4 Å². The molecule has 18 heavy (non-hydrogen) atoms. The second kappa shape index (κ2) is 5.61. The predicted octanol–water partition coefficient (Wildman–Crippen LogP) is 2.83. The summed E-state index contributed by atoms with van der Waals surface area (Å²) in [4.78, 5) is 2.47. The van der Waals surface area contributed by atoms with Gasteiger partial charge in [0.2, 0.25) is 0 Å². The number of rotatable bonds is 6. The zero-order chi connectivity index (χ0) is 13.1. The summed E-state index contributed by atoms with van der Waals surface area (Å²) in [6, 6.07) is 6.76. The molecule has 3 heteroatoms. The number of hydrogen-bond donors (Lipinski definition) is 1. The summed E-state index contributed by atoms with van der Waals surface area (Å²) in [7, 11) is 1.76. The third-order valence-electron chi connectivity index (χ3n) is 3.86. The molecule has 1 aliphatic carbocycles. The fourth-order valence-electron chi connectivity index (χ4n) is 2.57. The van der Waals surface area contributed by atoms with Gasteiger partial charge in [-0.2, -0.15) is 0 Å². The van der Waals surface area contributed by atoms with Crippen molar-refractivity contribution in [3.05, 3.63) is 23.8 Å². The van der Waals surface area contributed by atoms with Crippen LogP contribution < -0.4 is 10.6 Å². The topological polar surface area (TPSA) is 38.5 Å². The minimum Gasteiger partial charge on any atom is -0.399 e. The summed E-state index contributed by atoms with van der Waals surface area (Å²) in [5, 5.41) is 0. The standard InChI is InChI=1S/C15H24N2O/c1-11-10-14(16)6-7-15(11)17(8-9-18-3)12(2)13-4-5-13/h6-7,10,12-13H,4-5,8-9,16H2,1-3H3. The van der Waals surface area contributed by atoms with Crippen LogP contribution in [0.15, 0.2) is 18.2 Å². The van der Waals surface area contributed by atoms with E-state index in [0.29, 0.717) is 6.04 Å². The molecule has 1 aromatic carbocycles. The van der Waals surface area contributed by atoms with Crippen molar-refractivity contribution in [1.82, 2.24) is 0 Å². The number of hydrogen-bond acceptors (Lipinski definition) is 3. The van der Waals surface area contributed by atoms with Crippen LogP contribution >= 0.6 is 0 Å². The number of benzene rings is 1. The molecule has 1 atom stereocenters. The van der Waals surface area contributed by atoms with Crippen molar-refractivity contribution >= 4 is 11.4 Å². The van der Waals surface area contributed by atoms with Crippen LogP contribution in [0, 0.1) is 12.8 Å². The molecule has 0 heterocycles. The maximum absolute atomic E-state index is 5.83. The lowest BCUT2D eigenvalue weighted by Gasteiger charge is -2.32. The van der Waals surface area contributed by atoms with Gasteiger partial charge in [-0.15, -0.1) is 0 Å². The molecule has 1 unspecified atom stereocenters. The second-order valence-electron chi connectivity index (χ2n) is 5.31. The Labute approximate surface area is 110 Å². The van der Waals surface area contributed by atoms with Crippen molar-refractivity contribution in [1.29, 1.82) is 0 Å². The molecule has 0 spiro atoms. The van der Waals surface area contributed by atoms with Crippen LogP contribution in [0.25, 0.3) is 0 Å². The number of nitrogens with zero attached hydrogens (tertiary/aromatic N) is 1. The van der Waals surface area contributed by atoms with E-state index in [1.165, 1.54) is 24.1 Å². The molecule has 1 aromatic rings. The maximum atomic E-state index is 5.83. The average Bonchev–Trinajstić information content (AvgIpc) is 3.15. The molecule has 2 rings (SSSR count). The highest BCUT2D eigenvalue weighted by Gasteiger charge is 2.32. The molecular weight excluding hydrogens is 224 g/mol. The van der Waals surface area contributed by atoms with Crippen molar-refractivity contribution in [2.45, 2.75) is 32.7 Å². The smallest absolute Gasteiger partial charge is 0.0637 e. The predicted molar refractivity (Wildman–Crippen MR) is 77.0 cm³/mol. The molecule has 1 aliphatic rings. The van der Waals surface area contributed by atoms with E-state index in [1.54, 1.807) is 7.11 Å². The number of nitrogens with two attached hydrogens (primary N) is 1. The Hall–Kier alpha value is -1.22. The van der Waals surface area contributed by atoms with Gasteiger partial charge >= 0.3 is 0 Å². The third-order valence-corrected chi connectivity index (χ3v) is 3.86. The van der Waals surface area contributed by atoms with Crippen LogP contribution in [-0.4, -0.2) is 26.3 Å². The lowest BCUT2D eigenvalue weighted by molar-refractivity contribution is 0.202. The minimum absolute atomic E-state index is 0.586. The molecule has 0 saturated heterocycles. The van der Waals surface area contributed by atoms with Gasteiger partial charge in [-0.25, -0.2) is 0 Å². The molecule has 0 aliphatic heterocycles. The Kier molecular flexibility index (Phi) is 4.12. The summed E-state index contributed by atoms with van der Waals surface area (Å²) in [6.45, 7) is 6.16. The average molecular weight is 248 g/mol. The van der Waals surface area contributed by atoms with Crippen LogP contribution in [0.2, 0.25) is 0 Å². The number of nitrogen functional groups attached to an aromatic ring is 1. The SMILES string of the molecule is COCCN(c1ccc(N)cc1C)C(C)C1CC1. The Bertz CT molecular complexity index is 401. The van der Waals surface area contributed by atoms with Gasteiger partial charge in [0.15, 0.2) is 0 Å². The maximum Gasteiger partial charge on any atom is 0.0637 e. The fraction of sp³-hybridized carbons (Fsp3) is 0.600. The monoisotopic (exact) mass is 248 g/mol. The van der Waals surface area contributed by atoms with E-state index >= 15 is 0 Å². The van der Waals surface area contributed by atoms with E-state index in [-0.39, 0.29) is 0 Å². The molecule has 0 amide bonds. The first kappa shape index (κ1) is 13.2. The normalized spacial score (nSPS) is 16.6. The Morgan fingerprint density at radius 2 is 2.17 bits per heavy atom. The molecule has 3 nitrogen and oxygen atoms in total. The molecule has 100 valence electrons. The number of ether oxygens (including phenoxy) is 1. The van der Waals surface area contributed by atoms with Crippen LogP contribution in [0.3, 0.4) is 0 Å². The van der Waals surface area contributed by atoms with E-state index in [9.17, 15) is 0 Å². The molecule has 2 N–H and O–H groups in total. The molecule has 0 bridgehead atoms. The first-order valence-electron chi connectivity index (χ1n) is 6.75. The first-order valence-corrected chi connectivity index (χ1v) is 6.75. The van der Waals surface area contributed by atoms with Gasteiger partial charge in [0.25, 0.3) is 0 Å². The van der Waals surface area contributed by atoms with Crippen LogP contribution in [0.1, 0.15) is 25.3 Å². The van der Waals surface area contributed by atoms with Crippen molar-refractivity contribution in [3.63, 3.8) is 0 Å². The number of methoxy groups -OCH3 is 1. The molecule has 0 radical (unpaired) electrons. The second-order valence-corrected chi connectivity index (χ2v) is 5.31. The lowest BCUT2D eigenvalue weighted by atomic mass is 10.1. The van der Waals surface area contributed by atoms with Gasteiger partial charge in [0.1, 0.15) is 0 Å². The third kappa shape index (κ3) is 2.96. The minimum atomic E-state index is 0.586. The van der Waals surface area contributed by atoms with Gasteiger partial charge in [0.05, 0.1) is 6.61 Å². The molecular formula is C15H24N2O. The summed E-state index contributed by atoms with van der Waals surface area (Å²) < 4.78 is 5.24. The Balaban J connectivity index is 2.20. The fourth-order valence-corrected chi connectivity index (χ4v) is 2.57. The van der Waals surface area contributed by atoms with Crippen molar-refractivity contribution in [2.24, 2.45) is 5.92 Å². The summed E-state index contributed by atoms with van der Waals surface area (Å²) in [6.07, 6.45) is 2.72. The molecule has 0 aromatic heterocycles. The van der Waals surface area contributed by atoms with E-state index in [4.69, 9.17) is 10.5 Å². The van der Waals surface area contributed by atoms with Crippen LogP contribution in [-0.2, 0) is 4.74 Å². The summed E-state index contributed by atoms with van der Waals surface area (Å²) in [5.74, 6) is 0.846. The summed E-state index contributed by atoms with van der Waals surface area (Å²) >= 11 is 0. The van der Waals surface area contributed by atoms with Crippen molar-refractivity contribution in [2.75, 3.05) is 30.9 Å². The van der Waals surface area contributed by atoms with E-state index in [1.807, 2.05) is 6.07 Å². The first-order chi connectivity index (χ1) is 8.63. The van der Waals surface area contributed by atoms with Crippen LogP contribution in [0.5, 0.6) is 0 Å². The number of anilines is 2. The Morgan fingerprint density at radius 1 is 1.44 bits per heavy atom. The molecule has 1 saturated carbocycles. The van der Waals surface area contributed by atoms with E-state index in [2.05, 4.69) is 30.9 Å². The zero-order valence-corrected chi connectivity index (χ0v) is 11.6. The van der Waals surface area contributed by atoms with Gasteiger partial charge in [-0.1, -0.05) is 0 Å². The van der Waals surface area contributed by atoms with Crippen molar-refractivity contribution < 1.29 is 4.74 Å². The van der Waals surface area contributed by atoms with Gasteiger partial charge < -0.3 is 15.4 Å². The zero-order valence-electron chi connectivity index (χ0n) is 11.6. The quantitative estimate of drug-likeness (QED) is 0.787. The largest absolute Gasteiger partial charge is 0.399 e. The molecule has 1 fully saturated rings. The van der Waals surface area contributed by atoms with E-state index in [0.717, 1.165) is 24.8 Å². The highest BCUT2D eigenvalue weighted by atomic mass is 16.5. The highest BCUT2D eigenvalue weighted by molar-refractivity contribution is 5.59. The Morgan fingerprint density at radius 3 is 2.72 bits per heavy atom. The number of aryl methyl sites for hydroxylation is 1. The van der Waals surface area contributed by atoms with Crippen LogP contribution in [0.4, 0.5) is 11.4 Å². The van der Waals surface area contributed by atoms with Gasteiger partial charge in [-0.3, -0.25) is 0 Å². The van der Waals surface area contributed by atoms with Crippen molar-refractivity contribution in [3.8, 4) is 0 Å². The summed E-state index contributed by atoms with van der Waals surface area (Å²) in [5.41, 5.74) is 9.21.